The molecule has 4 N–H and O–H groups in total. The molecule has 6 heteroatoms. The topological polar surface area (TPSA) is 92.8 Å². The van der Waals surface area contributed by atoms with Gasteiger partial charge in [-0.25, -0.2) is 4.57 Å². The minimum absolute atomic E-state index is 0.435. The first-order chi connectivity index (χ1) is 4.65. The Bertz CT molecular complexity index is 173. The quantitative estimate of drug-likeness (QED) is 0.544. The largest absolute Gasteiger partial charge is 0.470 e. The molecule has 0 radical (unpaired) electrons. The Kier molecular flexibility index (Phi) is 3.23. The fourth-order valence-electron chi connectivity index (χ4n) is 0.390. The zero-order chi connectivity index (χ0) is 9.28. The number of phosphoric ester groups is 1. The third-order valence-corrected chi connectivity index (χ3v) is 2.16. The van der Waals surface area contributed by atoms with Gasteiger partial charge in [0.15, 0.2) is 0 Å². The van der Waals surface area contributed by atoms with E-state index < -0.39 is 19.5 Å². The van der Waals surface area contributed by atoms with Crippen LogP contribution in [-0.4, -0.2) is 21.4 Å². The SMILES string of the molecule is CC(N)C(C)(C)OP(=O)(O)O. The minimum atomic E-state index is -4.42. The summed E-state index contributed by atoms with van der Waals surface area (Å²) in [4.78, 5) is 16.9. The Labute approximate surface area is 65.8 Å². The molecule has 0 aromatic rings. The highest BCUT2D eigenvalue weighted by molar-refractivity contribution is 7.46. The predicted octanol–water partition coefficient (Wildman–Crippen LogP) is 0.222. The summed E-state index contributed by atoms with van der Waals surface area (Å²) in [6.45, 7) is 4.67. The van der Waals surface area contributed by atoms with Crippen LogP contribution in [0.3, 0.4) is 0 Å². The number of rotatable bonds is 3. The van der Waals surface area contributed by atoms with Crippen LogP contribution in [0.4, 0.5) is 0 Å². The van der Waals surface area contributed by atoms with E-state index in [2.05, 4.69) is 4.52 Å². The third-order valence-electron chi connectivity index (χ3n) is 1.45. The standard InChI is InChI=1S/C5H14NO4P/c1-4(6)5(2,3)10-11(7,8)9/h4H,6H2,1-3H3,(H2,7,8,9). The molecule has 5 nitrogen and oxygen atoms in total. The van der Waals surface area contributed by atoms with Gasteiger partial charge >= 0.3 is 7.82 Å². The molecule has 68 valence electrons. The molecule has 0 spiro atoms. The van der Waals surface area contributed by atoms with Crippen molar-refractivity contribution in [3.05, 3.63) is 0 Å². The van der Waals surface area contributed by atoms with Crippen molar-refractivity contribution in [2.24, 2.45) is 5.73 Å². The molecule has 1 unspecified atom stereocenters. The van der Waals surface area contributed by atoms with Gasteiger partial charge in [0.25, 0.3) is 0 Å². The van der Waals surface area contributed by atoms with Gasteiger partial charge < -0.3 is 15.5 Å². The van der Waals surface area contributed by atoms with Gasteiger partial charge in [-0.2, -0.15) is 0 Å². The zero-order valence-corrected chi connectivity index (χ0v) is 7.71. The van der Waals surface area contributed by atoms with Crippen LogP contribution in [0.15, 0.2) is 0 Å². The lowest BCUT2D eigenvalue weighted by atomic mass is 10.0. The van der Waals surface area contributed by atoms with E-state index in [0.717, 1.165) is 0 Å². The Morgan fingerprint density at radius 3 is 2.00 bits per heavy atom. The molecular weight excluding hydrogens is 169 g/mol. The molecule has 0 fully saturated rings. The summed E-state index contributed by atoms with van der Waals surface area (Å²) < 4.78 is 14.8. The van der Waals surface area contributed by atoms with Gasteiger partial charge in [-0.1, -0.05) is 0 Å². The highest BCUT2D eigenvalue weighted by Crippen LogP contribution is 2.41. The molecule has 0 aliphatic heterocycles. The highest BCUT2D eigenvalue weighted by Gasteiger charge is 2.32. The molecule has 1 atom stereocenters. The molecule has 0 rings (SSSR count). The average Bonchev–Trinajstić information content (AvgIpc) is 1.56. The second-order valence-corrected chi connectivity index (χ2v) is 4.14. The Morgan fingerprint density at radius 2 is 1.91 bits per heavy atom. The van der Waals surface area contributed by atoms with Crippen molar-refractivity contribution in [2.45, 2.75) is 32.4 Å². The lowest BCUT2D eigenvalue weighted by Gasteiger charge is -2.28. The van der Waals surface area contributed by atoms with Gasteiger partial charge in [-0.05, 0) is 20.8 Å². The van der Waals surface area contributed by atoms with Crippen molar-refractivity contribution in [3.63, 3.8) is 0 Å². The van der Waals surface area contributed by atoms with Gasteiger partial charge in [0.05, 0.1) is 5.60 Å². The molecule has 0 aliphatic rings. The van der Waals surface area contributed by atoms with Crippen molar-refractivity contribution >= 4 is 7.82 Å². The van der Waals surface area contributed by atoms with Crippen LogP contribution in [-0.2, 0) is 9.09 Å². The molecule has 0 aromatic heterocycles. The van der Waals surface area contributed by atoms with Crippen LogP contribution in [0, 0.1) is 0 Å². The second-order valence-electron chi connectivity index (χ2n) is 2.97. The number of nitrogens with two attached hydrogens (primary N) is 1. The van der Waals surface area contributed by atoms with E-state index in [1.807, 2.05) is 0 Å². The van der Waals surface area contributed by atoms with Crippen molar-refractivity contribution in [3.8, 4) is 0 Å². The van der Waals surface area contributed by atoms with E-state index in [0.29, 0.717) is 0 Å². The van der Waals surface area contributed by atoms with Gasteiger partial charge in [0.2, 0.25) is 0 Å². The van der Waals surface area contributed by atoms with E-state index in [1.54, 1.807) is 6.92 Å². The summed E-state index contributed by atoms with van der Waals surface area (Å²) in [5, 5.41) is 0. The van der Waals surface area contributed by atoms with Gasteiger partial charge in [-0.3, -0.25) is 4.52 Å². The smallest absolute Gasteiger partial charge is 0.325 e. The maximum atomic E-state index is 10.4. The maximum absolute atomic E-state index is 10.4. The summed E-state index contributed by atoms with van der Waals surface area (Å²) in [6.07, 6.45) is 0. The Morgan fingerprint density at radius 1 is 1.55 bits per heavy atom. The van der Waals surface area contributed by atoms with E-state index in [4.69, 9.17) is 15.5 Å². The van der Waals surface area contributed by atoms with Gasteiger partial charge in [0.1, 0.15) is 0 Å². The summed E-state index contributed by atoms with van der Waals surface area (Å²) >= 11 is 0. The van der Waals surface area contributed by atoms with Crippen LogP contribution < -0.4 is 5.73 Å². The minimum Gasteiger partial charge on any atom is -0.325 e. The number of phosphoric acid groups is 1. The molecule has 0 bridgehead atoms. The monoisotopic (exact) mass is 183 g/mol. The van der Waals surface area contributed by atoms with Crippen LogP contribution in [0.25, 0.3) is 0 Å². The van der Waals surface area contributed by atoms with Crippen LogP contribution in [0.1, 0.15) is 20.8 Å². The average molecular weight is 183 g/mol. The molecule has 0 heterocycles. The molecule has 0 amide bonds. The number of hydrogen-bond acceptors (Lipinski definition) is 3. The van der Waals surface area contributed by atoms with Crippen LogP contribution in [0.2, 0.25) is 0 Å². The molecule has 0 saturated heterocycles. The first-order valence-electron chi connectivity index (χ1n) is 3.17. The fourth-order valence-corrected chi connectivity index (χ4v) is 1.17. The van der Waals surface area contributed by atoms with E-state index >= 15 is 0 Å². The van der Waals surface area contributed by atoms with Crippen LogP contribution >= 0.6 is 7.82 Å². The Balaban J connectivity index is 4.25. The maximum Gasteiger partial charge on any atom is 0.470 e. The predicted molar refractivity (Wildman–Crippen MR) is 40.9 cm³/mol. The first kappa shape index (κ1) is 11.1. The zero-order valence-electron chi connectivity index (χ0n) is 6.81. The van der Waals surface area contributed by atoms with Gasteiger partial charge in [0, 0.05) is 6.04 Å². The first-order valence-corrected chi connectivity index (χ1v) is 4.70. The normalized spacial score (nSPS) is 16.5. The van der Waals surface area contributed by atoms with Crippen molar-refractivity contribution in [1.82, 2.24) is 0 Å². The Hall–Kier alpha value is 0.0700. The van der Waals surface area contributed by atoms with E-state index in [1.165, 1.54) is 13.8 Å². The summed E-state index contributed by atoms with van der Waals surface area (Å²) in [5.41, 5.74) is 4.41. The van der Waals surface area contributed by atoms with E-state index in [-0.39, 0.29) is 0 Å². The molecular formula is C5H14NO4P. The van der Waals surface area contributed by atoms with Crippen molar-refractivity contribution in [1.29, 1.82) is 0 Å². The van der Waals surface area contributed by atoms with Crippen LogP contribution in [0.5, 0.6) is 0 Å². The summed E-state index contributed by atoms with van der Waals surface area (Å²) in [5.74, 6) is 0. The second kappa shape index (κ2) is 3.21. The van der Waals surface area contributed by atoms with E-state index in [9.17, 15) is 4.57 Å². The number of hydrogen-bond donors (Lipinski definition) is 3. The van der Waals surface area contributed by atoms with Gasteiger partial charge in [-0.15, -0.1) is 0 Å². The molecule has 0 saturated carbocycles. The lowest BCUT2D eigenvalue weighted by molar-refractivity contribution is 0.0478. The fraction of sp³-hybridized carbons (Fsp3) is 1.00. The van der Waals surface area contributed by atoms with Crippen molar-refractivity contribution in [2.75, 3.05) is 0 Å². The van der Waals surface area contributed by atoms with Crippen molar-refractivity contribution < 1.29 is 18.9 Å². The highest BCUT2D eigenvalue weighted by atomic mass is 31.2. The molecule has 0 aliphatic carbocycles. The lowest BCUT2D eigenvalue weighted by Crippen LogP contribution is -2.42. The molecule has 11 heavy (non-hydrogen) atoms. The third kappa shape index (κ3) is 4.50. The molecule has 0 aromatic carbocycles. The summed E-state index contributed by atoms with van der Waals surface area (Å²) in [7, 11) is -4.42. The summed E-state index contributed by atoms with van der Waals surface area (Å²) in [6, 6.07) is -0.435.